The molecule has 0 radical (unpaired) electrons. The van der Waals surface area contributed by atoms with Gasteiger partial charge in [-0.25, -0.2) is 14.8 Å². The Kier molecular flexibility index (Phi) is 7.34. The lowest BCUT2D eigenvalue weighted by Crippen LogP contribution is -2.41. The monoisotopic (exact) mass is 619 g/mol. The molecule has 6 rings (SSSR count). The van der Waals surface area contributed by atoms with Crippen LogP contribution < -0.4 is 0 Å². The van der Waals surface area contributed by atoms with Crippen molar-refractivity contribution in [2.45, 2.75) is 60.8 Å². The molecular weight excluding hydrogens is 586 g/mol. The zero-order chi connectivity index (χ0) is 33.2. The Bertz CT molecular complexity index is 2180. The van der Waals surface area contributed by atoms with Crippen molar-refractivity contribution in [3.63, 3.8) is 0 Å². The molecule has 0 fully saturated rings. The standard InChI is InChI=1S/C35H33N5O6/c1-8-20-15(3)23-12-25-17(5)22(10-11-29(42)43)32(38-25)31-33-30(34(44)40(35(31)45)46-19(7)41)18(6)26(39-33)14-28-21(9-2)16(4)24(37-28)13-27(20)36-23/h8,12-14,36,39H,1,9-11H2,2-7H3,(H,42,43). The summed E-state index contributed by atoms with van der Waals surface area (Å²) in [5.74, 6) is -3.55. The number of H-pyrrole nitrogens is 2. The summed E-state index contributed by atoms with van der Waals surface area (Å²) in [5.41, 5.74) is 10.3. The van der Waals surface area contributed by atoms with Crippen molar-refractivity contribution in [1.82, 2.24) is 25.0 Å². The van der Waals surface area contributed by atoms with E-state index in [1.54, 1.807) is 13.0 Å². The van der Waals surface area contributed by atoms with Crippen molar-refractivity contribution in [3.05, 3.63) is 75.4 Å². The maximum atomic E-state index is 14.1. The lowest BCUT2D eigenvalue weighted by atomic mass is 9.95. The molecule has 0 atom stereocenters. The third-order valence-electron chi connectivity index (χ3n) is 8.89. The van der Waals surface area contributed by atoms with E-state index in [1.165, 1.54) is 0 Å². The zero-order valence-electron chi connectivity index (χ0n) is 26.5. The van der Waals surface area contributed by atoms with Crippen LogP contribution in [0.3, 0.4) is 0 Å². The molecule has 0 saturated heterocycles. The normalized spacial score (nSPS) is 14.3. The van der Waals surface area contributed by atoms with Crippen LogP contribution in [0.2, 0.25) is 0 Å². The number of amides is 2. The van der Waals surface area contributed by atoms with Gasteiger partial charge >= 0.3 is 11.9 Å². The summed E-state index contributed by atoms with van der Waals surface area (Å²) in [7, 11) is 0. The maximum absolute atomic E-state index is 14.1. The number of allylic oxidation sites excluding steroid dienone is 4. The fraction of sp³-hybridized carbons (Fsp3) is 0.257. The number of aliphatic carboxylic acids is 1. The van der Waals surface area contributed by atoms with Crippen molar-refractivity contribution in [2.24, 2.45) is 0 Å². The first kappa shape index (κ1) is 30.4. The molecule has 11 heteroatoms. The summed E-state index contributed by atoms with van der Waals surface area (Å²) >= 11 is 0. The second-order valence-electron chi connectivity index (χ2n) is 11.6. The van der Waals surface area contributed by atoms with Crippen LogP contribution in [0.25, 0.3) is 50.4 Å². The lowest BCUT2D eigenvalue weighted by molar-refractivity contribution is -0.166. The van der Waals surface area contributed by atoms with Gasteiger partial charge < -0.3 is 19.9 Å². The molecule has 0 aromatic carbocycles. The summed E-state index contributed by atoms with van der Waals surface area (Å²) < 4.78 is 0. The van der Waals surface area contributed by atoms with E-state index in [0.29, 0.717) is 45.1 Å². The van der Waals surface area contributed by atoms with E-state index in [-0.39, 0.29) is 35.2 Å². The van der Waals surface area contributed by atoms with Gasteiger partial charge in [-0.3, -0.25) is 14.4 Å². The number of hydroxylamine groups is 2. The van der Waals surface area contributed by atoms with Gasteiger partial charge in [-0.15, -0.1) is 0 Å². The SMILES string of the molecule is C=Cc1c(C)c2cc3nc(c4c5[nH]c(cc6nc(cc1[nH]2)C(C)=C6CC)c(C)c5C(=O)N(OC(C)=O)C4=O)C(CCC(=O)O)=C3C. The quantitative estimate of drug-likeness (QED) is 0.255. The number of aromatic amines is 2. The van der Waals surface area contributed by atoms with Crippen molar-refractivity contribution in [2.75, 3.05) is 0 Å². The number of nitrogens with zero attached hydrogens (tertiary/aromatic N) is 3. The average Bonchev–Trinajstić information content (AvgIpc) is 3.67. The fourth-order valence-corrected chi connectivity index (χ4v) is 6.45. The second kappa shape index (κ2) is 11.1. The van der Waals surface area contributed by atoms with Gasteiger partial charge in [0.1, 0.15) is 0 Å². The number of fused-ring (bicyclic) bond motifs is 8. The van der Waals surface area contributed by atoms with Crippen molar-refractivity contribution in [1.29, 1.82) is 0 Å². The molecule has 6 heterocycles. The number of hydrogen-bond acceptors (Lipinski definition) is 7. The number of imide groups is 1. The first-order valence-corrected chi connectivity index (χ1v) is 15.0. The largest absolute Gasteiger partial charge is 0.481 e. The molecule has 2 amide bonds. The summed E-state index contributed by atoms with van der Waals surface area (Å²) in [5, 5.41) is 10.0. The van der Waals surface area contributed by atoms with Crippen LogP contribution in [0.15, 0.2) is 24.8 Å². The molecule has 0 unspecified atom stereocenters. The van der Waals surface area contributed by atoms with Crippen LogP contribution in [0.1, 0.15) is 107 Å². The first-order chi connectivity index (χ1) is 21.9. The van der Waals surface area contributed by atoms with Crippen LogP contribution in [-0.2, 0) is 14.4 Å². The van der Waals surface area contributed by atoms with Gasteiger partial charge in [-0.2, -0.15) is 0 Å². The Morgan fingerprint density at radius 1 is 0.891 bits per heavy atom. The summed E-state index contributed by atoms with van der Waals surface area (Å²) in [6, 6.07) is 5.69. The van der Waals surface area contributed by atoms with Gasteiger partial charge in [-0.1, -0.05) is 24.6 Å². The number of carboxylic acids is 1. The minimum Gasteiger partial charge on any atom is -0.481 e. The molecule has 46 heavy (non-hydrogen) atoms. The highest BCUT2D eigenvalue weighted by Crippen LogP contribution is 2.40. The van der Waals surface area contributed by atoms with Crippen molar-refractivity contribution >= 4 is 74.2 Å². The second-order valence-corrected chi connectivity index (χ2v) is 11.6. The van der Waals surface area contributed by atoms with Crippen LogP contribution in [0, 0.1) is 13.8 Å². The Morgan fingerprint density at radius 3 is 2.15 bits per heavy atom. The number of aryl methyl sites for hydroxylation is 2. The molecule has 0 spiro atoms. The Hall–Kier alpha value is -5.58. The van der Waals surface area contributed by atoms with Crippen LogP contribution in [0.4, 0.5) is 0 Å². The minimum absolute atomic E-state index is 0.000827. The van der Waals surface area contributed by atoms with Gasteiger partial charge in [-0.05, 0) is 92.2 Å². The number of aromatic nitrogens is 4. The summed E-state index contributed by atoms with van der Waals surface area (Å²) in [6.45, 7) is 14.7. The lowest BCUT2D eigenvalue weighted by Gasteiger charge is -2.23. The number of carbonyl (C=O) groups is 4. The highest BCUT2D eigenvalue weighted by molar-refractivity contribution is 6.24. The molecular formula is C35H33N5O6. The topological polar surface area (TPSA) is 158 Å². The number of carboxylic acid groups (broad SMARTS) is 1. The molecule has 3 N–H and O–H groups in total. The molecule has 11 nitrogen and oxygen atoms in total. The van der Waals surface area contributed by atoms with Gasteiger partial charge in [0.15, 0.2) is 0 Å². The van der Waals surface area contributed by atoms with E-state index >= 15 is 0 Å². The van der Waals surface area contributed by atoms with E-state index < -0.39 is 23.8 Å². The highest BCUT2D eigenvalue weighted by atomic mass is 16.7. The fourth-order valence-electron chi connectivity index (χ4n) is 6.45. The van der Waals surface area contributed by atoms with Crippen LogP contribution >= 0.6 is 0 Å². The number of hydrogen-bond donors (Lipinski definition) is 3. The van der Waals surface area contributed by atoms with Crippen molar-refractivity contribution in [3.8, 4) is 0 Å². The van der Waals surface area contributed by atoms with E-state index in [9.17, 15) is 24.3 Å². The number of nitrogens with one attached hydrogen (secondary N) is 2. The molecule has 0 saturated carbocycles. The number of carbonyl (C=O) groups excluding carboxylic acids is 3. The smallest absolute Gasteiger partial charge is 0.330 e. The van der Waals surface area contributed by atoms with Gasteiger partial charge in [0.2, 0.25) is 0 Å². The molecule has 3 aliphatic rings. The zero-order valence-corrected chi connectivity index (χ0v) is 26.5. The Morgan fingerprint density at radius 2 is 1.50 bits per heavy atom. The molecule has 0 aliphatic carbocycles. The predicted molar refractivity (Wildman–Crippen MR) is 175 cm³/mol. The molecule has 3 aliphatic heterocycles. The molecule has 234 valence electrons. The Balaban J connectivity index is 1.85. The maximum Gasteiger partial charge on any atom is 0.330 e. The number of rotatable bonds is 6. The van der Waals surface area contributed by atoms with E-state index in [4.69, 9.17) is 14.8 Å². The minimum atomic E-state index is -1.01. The third kappa shape index (κ3) is 4.66. The van der Waals surface area contributed by atoms with E-state index in [1.807, 2.05) is 45.9 Å². The first-order valence-electron chi connectivity index (χ1n) is 15.0. The molecule has 3 aromatic rings. The summed E-state index contributed by atoms with van der Waals surface area (Å²) in [4.78, 5) is 73.4. The Labute approximate surface area is 264 Å². The van der Waals surface area contributed by atoms with E-state index in [0.717, 1.165) is 45.9 Å². The predicted octanol–water partition coefficient (Wildman–Crippen LogP) is 6.78. The summed E-state index contributed by atoms with van der Waals surface area (Å²) in [6.07, 6.45) is 2.35. The third-order valence-corrected chi connectivity index (χ3v) is 8.89. The van der Waals surface area contributed by atoms with Gasteiger partial charge in [0.25, 0.3) is 11.8 Å². The van der Waals surface area contributed by atoms with Crippen LogP contribution in [0.5, 0.6) is 0 Å². The molecule has 3 aromatic heterocycles. The van der Waals surface area contributed by atoms with Crippen LogP contribution in [-0.4, -0.2) is 53.9 Å². The highest BCUT2D eigenvalue weighted by Gasteiger charge is 2.40. The van der Waals surface area contributed by atoms with Gasteiger partial charge in [0, 0.05) is 35.5 Å². The van der Waals surface area contributed by atoms with Gasteiger partial charge in [0.05, 0.1) is 39.4 Å². The molecule has 8 bridgehead atoms. The van der Waals surface area contributed by atoms with E-state index in [2.05, 4.69) is 16.5 Å². The van der Waals surface area contributed by atoms with Crippen molar-refractivity contribution < 1.29 is 29.1 Å². The average molecular weight is 620 g/mol.